The Bertz CT molecular complexity index is 528. The van der Waals surface area contributed by atoms with E-state index in [4.69, 9.17) is 0 Å². The van der Waals surface area contributed by atoms with Crippen molar-refractivity contribution in [2.24, 2.45) is 0 Å². The highest BCUT2D eigenvalue weighted by Gasteiger charge is 2.39. The van der Waals surface area contributed by atoms with E-state index in [2.05, 4.69) is 23.9 Å². The number of nitrogens with one attached hydrogen (secondary N) is 2. The van der Waals surface area contributed by atoms with Crippen molar-refractivity contribution >= 4 is 21.4 Å². The zero-order chi connectivity index (χ0) is 14.6. The Labute approximate surface area is 126 Å². The number of hydrogen-bond donors (Lipinski definition) is 2. The maximum absolute atomic E-state index is 12.6. The molecule has 1 aromatic heterocycles. The van der Waals surface area contributed by atoms with Gasteiger partial charge in [0.15, 0.2) is 0 Å². The molecule has 1 aromatic rings. The van der Waals surface area contributed by atoms with E-state index in [1.165, 1.54) is 11.3 Å². The largest absolute Gasteiger partial charge is 0.312 e. The van der Waals surface area contributed by atoms with E-state index in [-0.39, 0.29) is 5.54 Å². The Morgan fingerprint density at radius 3 is 2.65 bits per heavy atom. The topological polar surface area (TPSA) is 58.2 Å². The Morgan fingerprint density at radius 2 is 2.10 bits per heavy atom. The molecule has 0 radical (unpaired) electrons. The van der Waals surface area contributed by atoms with Crippen LogP contribution >= 0.6 is 11.3 Å². The fourth-order valence-corrected chi connectivity index (χ4v) is 5.49. The lowest BCUT2D eigenvalue weighted by atomic mass is 9.76. The molecular formula is C14H24N2O2S2. The highest BCUT2D eigenvalue weighted by Crippen LogP contribution is 2.36. The summed E-state index contributed by atoms with van der Waals surface area (Å²) in [6, 6.07) is 1.72. The summed E-state index contributed by atoms with van der Waals surface area (Å²) in [5.74, 6) is 0. The highest BCUT2D eigenvalue weighted by atomic mass is 32.2. The molecule has 20 heavy (non-hydrogen) atoms. The fraction of sp³-hybridized carbons (Fsp3) is 0.714. The van der Waals surface area contributed by atoms with E-state index >= 15 is 0 Å². The minimum Gasteiger partial charge on any atom is -0.312 e. The van der Waals surface area contributed by atoms with Gasteiger partial charge >= 0.3 is 0 Å². The standard InChI is InChI=1S/C14H24N2O2S2/c1-3-9-15-11-12-13(6-10-19-12)20(17,18)16-14(4-2)7-5-8-14/h6,10,15-16H,3-5,7-9,11H2,1-2H3. The molecule has 1 aliphatic carbocycles. The lowest BCUT2D eigenvalue weighted by Gasteiger charge is -2.41. The van der Waals surface area contributed by atoms with Gasteiger partial charge in [-0.2, -0.15) is 0 Å². The molecule has 114 valence electrons. The second-order valence-corrected chi connectivity index (χ2v) is 8.13. The Kier molecular flexibility index (Phi) is 5.23. The third-order valence-electron chi connectivity index (χ3n) is 4.04. The number of sulfonamides is 1. The molecule has 0 bridgehead atoms. The van der Waals surface area contributed by atoms with Gasteiger partial charge in [0.1, 0.15) is 0 Å². The van der Waals surface area contributed by atoms with Gasteiger partial charge in [0.25, 0.3) is 0 Å². The van der Waals surface area contributed by atoms with Crippen LogP contribution in [0.1, 0.15) is 50.8 Å². The average molecular weight is 316 g/mol. The van der Waals surface area contributed by atoms with Crippen molar-refractivity contribution in [2.75, 3.05) is 6.54 Å². The summed E-state index contributed by atoms with van der Waals surface area (Å²) in [7, 11) is -3.39. The van der Waals surface area contributed by atoms with Gasteiger partial charge in [-0.25, -0.2) is 13.1 Å². The van der Waals surface area contributed by atoms with Crippen molar-refractivity contribution in [3.8, 4) is 0 Å². The zero-order valence-electron chi connectivity index (χ0n) is 12.2. The number of hydrogen-bond acceptors (Lipinski definition) is 4. The lowest BCUT2D eigenvalue weighted by molar-refractivity contribution is 0.214. The van der Waals surface area contributed by atoms with Crippen molar-refractivity contribution in [2.45, 2.75) is 62.9 Å². The first-order chi connectivity index (χ1) is 9.53. The van der Waals surface area contributed by atoms with E-state index in [0.717, 1.165) is 43.5 Å². The molecule has 0 aliphatic heterocycles. The van der Waals surface area contributed by atoms with Gasteiger partial charge in [0.05, 0.1) is 4.90 Å². The van der Waals surface area contributed by atoms with Crippen LogP contribution in [0.5, 0.6) is 0 Å². The summed E-state index contributed by atoms with van der Waals surface area (Å²) >= 11 is 1.50. The summed E-state index contributed by atoms with van der Waals surface area (Å²) in [6.07, 6.45) is 4.93. The van der Waals surface area contributed by atoms with Gasteiger partial charge in [-0.3, -0.25) is 0 Å². The zero-order valence-corrected chi connectivity index (χ0v) is 13.9. The van der Waals surface area contributed by atoms with Gasteiger partial charge in [0.2, 0.25) is 10.0 Å². The van der Waals surface area contributed by atoms with Crippen LogP contribution < -0.4 is 10.0 Å². The molecule has 6 heteroatoms. The summed E-state index contributed by atoms with van der Waals surface area (Å²) < 4.78 is 28.1. The third-order valence-corrected chi connectivity index (χ3v) is 6.76. The van der Waals surface area contributed by atoms with Crippen LogP contribution in [0.2, 0.25) is 0 Å². The molecule has 2 rings (SSSR count). The summed E-state index contributed by atoms with van der Waals surface area (Å²) in [5.41, 5.74) is -0.200. The van der Waals surface area contributed by atoms with Crippen LogP contribution in [-0.2, 0) is 16.6 Å². The molecule has 2 N–H and O–H groups in total. The van der Waals surface area contributed by atoms with Crippen LogP contribution in [0.3, 0.4) is 0 Å². The van der Waals surface area contributed by atoms with Crippen molar-refractivity contribution < 1.29 is 8.42 Å². The average Bonchev–Trinajstić information content (AvgIpc) is 2.83. The number of rotatable bonds is 8. The number of thiophene rings is 1. The van der Waals surface area contributed by atoms with Crippen molar-refractivity contribution in [3.05, 3.63) is 16.3 Å². The Hall–Kier alpha value is -0.430. The normalized spacial score (nSPS) is 17.9. The van der Waals surface area contributed by atoms with E-state index in [1.54, 1.807) is 6.07 Å². The molecule has 0 spiro atoms. The molecular weight excluding hydrogens is 292 g/mol. The molecule has 0 unspecified atom stereocenters. The summed E-state index contributed by atoms with van der Waals surface area (Å²) in [4.78, 5) is 1.35. The Balaban J connectivity index is 2.11. The maximum atomic E-state index is 12.6. The molecule has 4 nitrogen and oxygen atoms in total. The second-order valence-electron chi connectivity index (χ2n) is 5.48. The minimum absolute atomic E-state index is 0.200. The van der Waals surface area contributed by atoms with E-state index in [1.807, 2.05) is 5.38 Å². The summed E-state index contributed by atoms with van der Waals surface area (Å²) in [5, 5.41) is 5.13. The van der Waals surface area contributed by atoms with Crippen LogP contribution in [-0.4, -0.2) is 20.5 Å². The lowest BCUT2D eigenvalue weighted by Crippen LogP contribution is -2.52. The predicted molar refractivity (Wildman–Crippen MR) is 83.5 cm³/mol. The van der Waals surface area contributed by atoms with Crippen LogP contribution in [0.4, 0.5) is 0 Å². The molecule has 1 saturated carbocycles. The van der Waals surface area contributed by atoms with Crippen LogP contribution in [0, 0.1) is 0 Å². The minimum atomic E-state index is -3.39. The maximum Gasteiger partial charge on any atom is 0.242 e. The molecule has 0 saturated heterocycles. The molecule has 0 amide bonds. The van der Waals surface area contributed by atoms with Gasteiger partial charge in [-0.05, 0) is 50.1 Å². The van der Waals surface area contributed by atoms with Gasteiger partial charge in [-0.1, -0.05) is 13.8 Å². The second kappa shape index (κ2) is 6.56. The summed E-state index contributed by atoms with van der Waals surface area (Å²) in [6.45, 7) is 5.69. The molecule has 1 heterocycles. The van der Waals surface area contributed by atoms with Crippen molar-refractivity contribution in [1.82, 2.24) is 10.0 Å². The monoisotopic (exact) mass is 316 g/mol. The Morgan fingerprint density at radius 1 is 1.35 bits per heavy atom. The SMILES string of the molecule is CCCNCc1sccc1S(=O)(=O)NC1(CC)CCC1. The van der Waals surface area contributed by atoms with Crippen molar-refractivity contribution in [1.29, 1.82) is 0 Å². The molecule has 0 aromatic carbocycles. The quantitative estimate of drug-likeness (QED) is 0.725. The van der Waals surface area contributed by atoms with Gasteiger partial charge < -0.3 is 5.32 Å². The first kappa shape index (κ1) is 15.9. The third kappa shape index (κ3) is 3.42. The van der Waals surface area contributed by atoms with Gasteiger partial charge in [-0.15, -0.1) is 11.3 Å². The van der Waals surface area contributed by atoms with E-state index in [0.29, 0.717) is 11.4 Å². The van der Waals surface area contributed by atoms with Gasteiger partial charge in [0, 0.05) is 17.0 Å². The molecule has 1 aliphatic rings. The first-order valence-corrected chi connectivity index (χ1v) is 9.70. The van der Waals surface area contributed by atoms with Crippen LogP contribution in [0.15, 0.2) is 16.3 Å². The highest BCUT2D eigenvalue weighted by molar-refractivity contribution is 7.89. The van der Waals surface area contributed by atoms with E-state index in [9.17, 15) is 8.42 Å². The fourth-order valence-electron chi connectivity index (χ4n) is 2.55. The van der Waals surface area contributed by atoms with E-state index < -0.39 is 10.0 Å². The molecule has 1 fully saturated rings. The predicted octanol–water partition coefficient (Wildman–Crippen LogP) is 2.86. The van der Waals surface area contributed by atoms with Crippen LogP contribution in [0.25, 0.3) is 0 Å². The first-order valence-electron chi connectivity index (χ1n) is 7.34. The molecule has 0 atom stereocenters. The van der Waals surface area contributed by atoms with Crippen molar-refractivity contribution in [3.63, 3.8) is 0 Å². The smallest absolute Gasteiger partial charge is 0.242 e.